The minimum Gasteiger partial charge on any atom is -0.223 e. The molecule has 0 heterocycles. The summed E-state index contributed by atoms with van der Waals surface area (Å²) >= 11 is 16.0. The lowest BCUT2D eigenvalue weighted by molar-refractivity contribution is 0.502. The molecule has 244 valence electrons. The summed E-state index contributed by atoms with van der Waals surface area (Å²) in [5.41, 5.74) is 1.46. The van der Waals surface area contributed by atoms with Gasteiger partial charge in [-0.25, -0.2) is 16.8 Å². The number of hydrogen-bond donors (Lipinski definition) is 0. The number of rotatable bonds is 8. The Bertz CT molecular complexity index is 1600. The van der Waals surface area contributed by atoms with Gasteiger partial charge in [0.1, 0.15) is 0 Å². The fourth-order valence-electron chi connectivity index (χ4n) is 5.80. The number of sulfone groups is 2. The quantitative estimate of drug-likeness (QED) is 0.256. The van der Waals surface area contributed by atoms with Crippen molar-refractivity contribution in [1.82, 2.24) is 0 Å². The molecule has 2 aromatic carbocycles. The van der Waals surface area contributed by atoms with Crippen LogP contribution < -0.4 is 0 Å². The zero-order valence-corrected chi connectivity index (χ0v) is 31.1. The molecule has 4 nitrogen and oxygen atoms in total. The van der Waals surface area contributed by atoms with E-state index in [1.165, 1.54) is 11.8 Å². The van der Waals surface area contributed by atoms with Gasteiger partial charge in [-0.1, -0.05) is 114 Å². The molecule has 0 radical (unpaired) electrons. The first-order valence-electron chi connectivity index (χ1n) is 15.1. The molecule has 0 aromatic heterocycles. The molecular weight excluding hydrogens is 663 g/mol. The van der Waals surface area contributed by atoms with Gasteiger partial charge in [0.05, 0.1) is 40.5 Å². The van der Waals surface area contributed by atoms with Crippen molar-refractivity contribution in [3.05, 3.63) is 108 Å². The van der Waals surface area contributed by atoms with Crippen LogP contribution in [0.3, 0.4) is 0 Å². The maximum Gasteiger partial charge on any atom is 0.182 e. The maximum absolute atomic E-state index is 14.4. The Balaban J connectivity index is 1.98. The third-order valence-electron chi connectivity index (χ3n) is 8.99. The van der Waals surface area contributed by atoms with Gasteiger partial charge in [-0.05, 0) is 60.1 Å². The van der Waals surface area contributed by atoms with Gasteiger partial charge < -0.3 is 0 Å². The zero-order valence-electron chi connectivity index (χ0n) is 27.2. The molecule has 0 aliphatic heterocycles. The first kappa shape index (κ1) is 36.1. The summed E-state index contributed by atoms with van der Waals surface area (Å²) in [6.07, 6.45) is 11.5. The van der Waals surface area contributed by atoms with Gasteiger partial charge in [0.15, 0.2) is 19.7 Å². The second-order valence-corrected chi connectivity index (χ2v) is 21.1. The zero-order chi connectivity index (χ0) is 33.6. The topological polar surface area (TPSA) is 68.3 Å². The minimum atomic E-state index is -3.94. The van der Waals surface area contributed by atoms with E-state index in [0.717, 1.165) is 11.1 Å². The van der Waals surface area contributed by atoms with E-state index in [9.17, 15) is 16.8 Å². The molecule has 2 aliphatic rings. The third kappa shape index (κ3) is 6.80. The molecule has 2 aliphatic carbocycles. The molecule has 0 spiro atoms. The predicted octanol–water partition coefficient (Wildman–Crippen LogP) is 9.22. The number of hydrogen-bond acceptors (Lipinski definition) is 5. The highest BCUT2D eigenvalue weighted by Gasteiger charge is 2.58. The van der Waals surface area contributed by atoms with Crippen molar-refractivity contribution in [2.24, 2.45) is 10.8 Å². The molecule has 0 saturated heterocycles. The highest BCUT2D eigenvalue weighted by molar-refractivity contribution is 8.05. The number of thioether (sulfide) groups is 1. The molecular formula is C36H44Cl2O4S3. The second kappa shape index (κ2) is 12.7. The smallest absolute Gasteiger partial charge is 0.182 e. The summed E-state index contributed by atoms with van der Waals surface area (Å²) in [5.74, 6) is 0. The van der Waals surface area contributed by atoms with Gasteiger partial charge in [0.2, 0.25) is 0 Å². The van der Waals surface area contributed by atoms with E-state index in [-0.39, 0.29) is 20.6 Å². The van der Waals surface area contributed by atoms with Crippen LogP contribution in [-0.2, 0) is 19.7 Å². The summed E-state index contributed by atoms with van der Waals surface area (Å²) < 4.78 is 54.8. The summed E-state index contributed by atoms with van der Waals surface area (Å²) in [6, 6.07) is 16.6. The van der Waals surface area contributed by atoms with Crippen molar-refractivity contribution < 1.29 is 16.8 Å². The van der Waals surface area contributed by atoms with Crippen molar-refractivity contribution in [3.8, 4) is 0 Å². The lowest BCUT2D eigenvalue weighted by Crippen LogP contribution is -2.57. The van der Waals surface area contributed by atoms with E-state index in [1.807, 2.05) is 36.5 Å². The van der Waals surface area contributed by atoms with Crippen LogP contribution in [0.4, 0.5) is 0 Å². The summed E-state index contributed by atoms with van der Waals surface area (Å²) in [4.78, 5) is 0.353. The number of allylic oxidation sites excluding steroid dienone is 6. The van der Waals surface area contributed by atoms with Gasteiger partial charge in [0, 0.05) is 0 Å². The molecule has 0 amide bonds. The molecule has 0 N–H and O–H groups in total. The van der Waals surface area contributed by atoms with Crippen LogP contribution in [0.15, 0.2) is 118 Å². The van der Waals surface area contributed by atoms with Crippen LogP contribution in [-0.4, -0.2) is 47.6 Å². The fourth-order valence-corrected chi connectivity index (χ4v) is 12.9. The number of halogens is 2. The van der Waals surface area contributed by atoms with Crippen LogP contribution in [0.5, 0.6) is 0 Å². The Morgan fingerprint density at radius 2 is 0.933 bits per heavy atom. The van der Waals surface area contributed by atoms with Crippen LogP contribution in [0.25, 0.3) is 0 Å². The summed E-state index contributed by atoms with van der Waals surface area (Å²) in [6.45, 7) is 15.8. The van der Waals surface area contributed by atoms with E-state index in [2.05, 4.69) is 41.5 Å². The van der Waals surface area contributed by atoms with Crippen molar-refractivity contribution in [3.63, 3.8) is 0 Å². The normalized spacial score (nSPS) is 27.4. The van der Waals surface area contributed by atoms with Gasteiger partial charge in [-0.15, -0.1) is 35.0 Å². The van der Waals surface area contributed by atoms with Gasteiger partial charge in [0.25, 0.3) is 0 Å². The fraction of sp³-hybridized carbons (Fsp3) is 0.444. The first-order valence-corrected chi connectivity index (χ1v) is 19.9. The summed E-state index contributed by atoms with van der Waals surface area (Å²) in [5, 5.41) is -3.71. The summed E-state index contributed by atoms with van der Waals surface area (Å²) in [7, 11) is -7.89. The highest BCUT2D eigenvalue weighted by Crippen LogP contribution is 2.57. The Morgan fingerprint density at radius 3 is 1.20 bits per heavy atom. The Hall–Kier alpha value is -1.77. The van der Waals surface area contributed by atoms with E-state index in [1.54, 1.807) is 74.5 Å². The Kier molecular flexibility index (Phi) is 10.2. The van der Waals surface area contributed by atoms with Crippen LogP contribution in [0, 0.1) is 10.8 Å². The lowest BCUT2D eigenvalue weighted by Gasteiger charge is -2.50. The van der Waals surface area contributed by atoms with E-state index in [4.69, 9.17) is 23.2 Å². The highest BCUT2D eigenvalue weighted by atomic mass is 35.5. The largest absolute Gasteiger partial charge is 0.223 e. The molecule has 0 bridgehead atoms. The number of benzene rings is 2. The van der Waals surface area contributed by atoms with Crippen LogP contribution >= 0.6 is 35.0 Å². The van der Waals surface area contributed by atoms with Crippen molar-refractivity contribution in [2.75, 3.05) is 0 Å². The van der Waals surface area contributed by atoms with Gasteiger partial charge in [-0.2, -0.15) is 0 Å². The molecule has 0 fully saturated rings. The predicted molar refractivity (Wildman–Crippen MR) is 192 cm³/mol. The molecule has 0 saturated carbocycles. The van der Waals surface area contributed by atoms with E-state index < -0.39 is 50.4 Å². The van der Waals surface area contributed by atoms with E-state index in [0.29, 0.717) is 0 Å². The molecule has 9 heteroatoms. The van der Waals surface area contributed by atoms with Crippen molar-refractivity contribution >= 4 is 54.6 Å². The average molecular weight is 708 g/mol. The second-order valence-electron chi connectivity index (χ2n) is 14.0. The van der Waals surface area contributed by atoms with Crippen molar-refractivity contribution in [1.29, 1.82) is 0 Å². The third-order valence-corrected chi connectivity index (χ3v) is 17.2. The van der Waals surface area contributed by atoms with Crippen molar-refractivity contribution in [2.45, 2.75) is 95.9 Å². The minimum absolute atomic E-state index is 0.177. The monoisotopic (exact) mass is 706 g/mol. The maximum atomic E-state index is 14.4. The Morgan fingerprint density at radius 1 is 0.622 bits per heavy atom. The molecule has 2 aromatic rings. The van der Waals surface area contributed by atoms with Crippen LogP contribution in [0.2, 0.25) is 0 Å². The molecule has 6 atom stereocenters. The average Bonchev–Trinajstić information content (AvgIpc) is 2.98. The van der Waals surface area contributed by atoms with Gasteiger partial charge in [-0.3, -0.25) is 0 Å². The first-order chi connectivity index (χ1) is 20.7. The Labute approximate surface area is 284 Å². The SMILES string of the molecule is CC(C1(SC2(C(C)S(=O)(=O)c3ccccc3)C=CC(C(C)(C)C)=CC2Cl)C=CC(C(C)(C)C)=CC1Cl)S(=O)(=O)c1ccccc1. The standard InChI is InChI=1S/C36H44Cl2O4S3/c1-25(44(39,40)29-15-11-9-12-16-29)35(21-19-27(23-31(35)37)33(3,4)5)43-36(22-20-28(24-32(36)38)34(6,7)8)26(2)45(41,42)30-17-13-10-14-18-30/h9-26,31-32H,1-8H3. The van der Waals surface area contributed by atoms with E-state index >= 15 is 0 Å². The molecule has 45 heavy (non-hydrogen) atoms. The van der Waals surface area contributed by atoms with Crippen LogP contribution in [0.1, 0.15) is 55.4 Å². The lowest BCUT2D eigenvalue weighted by atomic mass is 9.80. The molecule has 4 rings (SSSR count). The number of alkyl halides is 2. The molecule has 6 unspecified atom stereocenters. The van der Waals surface area contributed by atoms with Gasteiger partial charge >= 0.3 is 0 Å².